The summed E-state index contributed by atoms with van der Waals surface area (Å²) >= 11 is 6.46. The molecule has 4 heterocycles. The predicted molar refractivity (Wildman–Crippen MR) is 146 cm³/mol. The summed E-state index contributed by atoms with van der Waals surface area (Å²) < 4.78 is 2.18. The Labute approximate surface area is 217 Å². The van der Waals surface area contributed by atoms with Crippen LogP contribution in [0, 0.1) is 5.41 Å². The van der Waals surface area contributed by atoms with E-state index >= 15 is 0 Å². The highest BCUT2D eigenvalue weighted by Gasteiger charge is 2.47. The number of fused-ring (bicyclic) bond motifs is 5. The van der Waals surface area contributed by atoms with E-state index in [0.717, 1.165) is 23.1 Å². The van der Waals surface area contributed by atoms with Gasteiger partial charge in [-0.15, -0.1) is 0 Å². The van der Waals surface area contributed by atoms with E-state index in [9.17, 15) is 4.79 Å². The minimum atomic E-state index is -0.332. The summed E-state index contributed by atoms with van der Waals surface area (Å²) in [7, 11) is 0. The average molecular weight is 503 g/mol. The highest BCUT2D eigenvalue weighted by molar-refractivity contribution is 6.35. The Kier molecular flexibility index (Phi) is 5.19. The summed E-state index contributed by atoms with van der Waals surface area (Å²) in [6, 6.07) is 13.5. The van der Waals surface area contributed by atoms with Crippen LogP contribution >= 0.6 is 11.6 Å². The van der Waals surface area contributed by atoms with E-state index in [0.29, 0.717) is 21.7 Å². The number of aromatic nitrogens is 2. The molecule has 1 spiro atoms. The molecule has 0 radical (unpaired) electrons. The molecule has 2 saturated heterocycles. The van der Waals surface area contributed by atoms with Crippen molar-refractivity contribution in [1.29, 1.82) is 0 Å². The van der Waals surface area contributed by atoms with Gasteiger partial charge < -0.3 is 10.2 Å². The highest BCUT2D eigenvalue weighted by atomic mass is 35.5. The number of rotatable bonds is 2. The van der Waals surface area contributed by atoms with Crippen molar-refractivity contribution in [3.8, 4) is 5.69 Å². The molecule has 0 amide bonds. The lowest BCUT2D eigenvalue weighted by Gasteiger charge is -2.55. The highest BCUT2D eigenvalue weighted by Crippen LogP contribution is 2.51. The van der Waals surface area contributed by atoms with E-state index in [-0.39, 0.29) is 11.0 Å². The Bertz CT molecular complexity index is 1400. The number of benzene rings is 2. The first kappa shape index (κ1) is 22.9. The van der Waals surface area contributed by atoms with Crippen molar-refractivity contribution in [3.05, 3.63) is 68.7 Å². The van der Waals surface area contributed by atoms with Crippen molar-refractivity contribution in [2.75, 3.05) is 26.2 Å². The van der Waals surface area contributed by atoms with Crippen molar-refractivity contribution in [1.82, 2.24) is 19.8 Å². The van der Waals surface area contributed by atoms with Crippen LogP contribution in [0.2, 0.25) is 5.02 Å². The summed E-state index contributed by atoms with van der Waals surface area (Å²) in [6.45, 7) is 9.15. The van der Waals surface area contributed by atoms with Crippen molar-refractivity contribution in [3.63, 3.8) is 0 Å². The molecule has 0 atom stereocenters. The van der Waals surface area contributed by atoms with E-state index in [2.05, 4.69) is 51.8 Å². The van der Waals surface area contributed by atoms with Crippen molar-refractivity contribution < 1.29 is 0 Å². The van der Waals surface area contributed by atoms with Gasteiger partial charge >= 0.3 is 0 Å². The van der Waals surface area contributed by atoms with Gasteiger partial charge in [-0.2, -0.15) is 4.98 Å². The molecule has 3 aliphatic heterocycles. The molecular formula is C30H35ClN4O. The fourth-order valence-electron chi connectivity index (χ4n) is 7.69. The quantitative estimate of drug-likeness (QED) is 0.510. The molecule has 2 aromatic carbocycles. The Morgan fingerprint density at radius 2 is 1.81 bits per heavy atom. The van der Waals surface area contributed by atoms with Crippen LogP contribution in [0.5, 0.6) is 0 Å². The van der Waals surface area contributed by atoms with Gasteiger partial charge in [0.1, 0.15) is 5.82 Å². The molecular weight excluding hydrogens is 468 g/mol. The summed E-state index contributed by atoms with van der Waals surface area (Å²) in [5.41, 5.74) is 4.72. The van der Waals surface area contributed by atoms with Crippen LogP contribution in [0.15, 0.2) is 41.2 Å². The van der Waals surface area contributed by atoms with E-state index in [1.54, 1.807) is 6.07 Å². The monoisotopic (exact) mass is 502 g/mol. The van der Waals surface area contributed by atoms with E-state index in [1.165, 1.54) is 75.8 Å². The van der Waals surface area contributed by atoms with E-state index in [4.69, 9.17) is 11.6 Å². The van der Waals surface area contributed by atoms with Gasteiger partial charge in [-0.1, -0.05) is 29.8 Å². The van der Waals surface area contributed by atoms with Gasteiger partial charge in [0, 0.05) is 6.04 Å². The Hall–Kier alpha value is -2.21. The molecule has 1 aliphatic carbocycles. The summed E-state index contributed by atoms with van der Waals surface area (Å²) in [5, 5.41) is 4.51. The second kappa shape index (κ2) is 8.14. The molecule has 4 aliphatic rings. The summed E-state index contributed by atoms with van der Waals surface area (Å²) in [6.07, 6.45) is 7.99. The average Bonchev–Trinajstić information content (AvgIpc) is 3.09. The standard InChI is InChI=1S/C30H35ClN4O/c1-29(2)22-7-6-20(16-25(22)35-24-5-3-4-23(31)26(24)27(36)33-28(29)35)19-8-14-34(15-9-19)21-17-30(18-21)10-12-32-13-11-30/h3-7,16,19,21,32H,8-15,17-18H2,1-2H3. The minimum absolute atomic E-state index is 0.238. The van der Waals surface area contributed by atoms with Crippen molar-refractivity contribution >= 4 is 22.5 Å². The maximum absolute atomic E-state index is 12.9. The zero-order valence-corrected chi connectivity index (χ0v) is 22.1. The lowest BCUT2D eigenvalue weighted by atomic mass is 9.60. The maximum Gasteiger partial charge on any atom is 0.282 e. The van der Waals surface area contributed by atoms with Crippen LogP contribution in [-0.4, -0.2) is 46.7 Å². The number of piperidine rings is 2. The number of hydrogen-bond acceptors (Lipinski definition) is 4. The first-order valence-electron chi connectivity index (χ1n) is 13.7. The number of hydrogen-bond donors (Lipinski definition) is 1. The largest absolute Gasteiger partial charge is 0.317 e. The molecule has 7 rings (SSSR count). The van der Waals surface area contributed by atoms with Crippen LogP contribution in [0.25, 0.3) is 16.6 Å². The molecule has 0 bridgehead atoms. The predicted octanol–water partition coefficient (Wildman–Crippen LogP) is 5.39. The molecule has 3 aromatic rings. The van der Waals surface area contributed by atoms with Crippen LogP contribution in [-0.2, 0) is 5.41 Å². The van der Waals surface area contributed by atoms with Crippen LogP contribution in [0.3, 0.4) is 0 Å². The molecule has 3 fully saturated rings. The fourth-order valence-corrected chi connectivity index (χ4v) is 7.94. The van der Waals surface area contributed by atoms with Gasteiger partial charge in [0.15, 0.2) is 0 Å². The smallest absolute Gasteiger partial charge is 0.282 e. The van der Waals surface area contributed by atoms with Gasteiger partial charge in [0.2, 0.25) is 0 Å². The number of likely N-dealkylation sites (tertiary alicyclic amines) is 1. The SMILES string of the molecule is CC1(C)c2ccc(C3CCN(C4CC5(CCNCC5)C4)CC3)cc2-n2c1nc(=O)c1c(Cl)cccc12. The van der Waals surface area contributed by atoms with Crippen molar-refractivity contribution in [2.45, 2.75) is 69.7 Å². The Balaban J connectivity index is 1.16. The lowest BCUT2D eigenvalue weighted by Crippen LogP contribution is -2.55. The normalized spacial score (nSPS) is 23.5. The maximum atomic E-state index is 12.9. The minimum Gasteiger partial charge on any atom is -0.317 e. The molecule has 5 nitrogen and oxygen atoms in total. The van der Waals surface area contributed by atoms with Gasteiger partial charge in [-0.25, -0.2) is 0 Å². The van der Waals surface area contributed by atoms with Crippen molar-refractivity contribution in [2.24, 2.45) is 5.41 Å². The molecule has 1 aromatic heterocycles. The topological polar surface area (TPSA) is 50.2 Å². The molecule has 188 valence electrons. The molecule has 0 unspecified atom stereocenters. The van der Waals surface area contributed by atoms with Crippen LogP contribution in [0.1, 0.15) is 75.2 Å². The Morgan fingerprint density at radius 3 is 2.56 bits per heavy atom. The number of halogens is 1. The second-order valence-electron chi connectivity index (χ2n) is 12.2. The third-order valence-corrected chi connectivity index (χ3v) is 10.2. The first-order valence-corrected chi connectivity index (χ1v) is 14.1. The van der Waals surface area contributed by atoms with Crippen LogP contribution in [0.4, 0.5) is 0 Å². The fraction of sp³-hybridized carbons (Fsp3) is 0.533. The molecule has 36 heavy (non-hydrogen) atoms. The van der Waals surface area contributed by atoms with Gasteiger partial charge in [-0.05, 0) is 119 Å². The number of nitrogens with zero attached hydrogens (tertiary/aromatic N) is 3. The van der Waals surface area contributed by atoms with E-state index < -0.39 is 0 Å². The second-order valence-corrected chi connectivity index (χ2v) is 12.6. The Morgan fingerprint density at radius 1 is 1.06 bits per heavy atom. The molecule has 1 saturated carbocycles. The van der Waals surface area contributed by atoms with Gasteiger partial charge in [0.05, 0.1) is 27.0 Å². The molecule has 6 heteroatoms. The zero-order valence-electron chi connectivity index (χ0n) is 21.3. The summed E-state index contributed by atoms with van der Waals surface area (Å²) in [4.78, 5) is 20.2. The third kappa shape index (κ3) is 3.35. The zero-order chi connectivity index (χ0) is 24.7. The van der Waals surface area contributed by atoms with E-state index in [1.807, 2.05) is 12.1 Å². The summed E-state index contributed by atoms with van der Waals surface area (Å²) in [5.74, 6) is 1.38. The lowest BCUT2D eigenvalue weighted by molar-refractivity contribution is -0.0292. The van der Waals surface area contributed by atoms with Crippen LogP contribution < -0.4 is 10.9 Å². The van der Waals surface area contributed by atoms with Gasteiger partial charge in [-0.3, -0.25) is 9.36 Å². The molecule has 1 N–H and O–H groups in total. The number of nitrogens with one attached hydrogen (secondary N) is 1. The first-order chi connectivity index (χ1) is 17.4. The third-order valence-electron chi connectivity index (χ3n) is 9.88. The van der Waals surface area contributed by atoms with Gasteiger partial charge in [0.25, 0.3) is 5.56 Å².